The first-order valence-electron chi connectivity index (χ1n) is 22.8. The third-order valence-electron chi connectivity index (χ3n) is 13.3. The molecule has 322 valence electrons. The van der Waals surface area contributed by atoms with Crippen LogP contribution >= 0.6 is 0 Å². The molecule has 1 aliphatic carbocycles. The van der Waals surface area contributed by atoms with Crippen molar-refractivity contribution in [3.63, 3.8) is 0 Å². The monoisotopic (exact) mass is 873 g/mol. The van der Waals surface area contributed by atoms with Crippen LogP contribution in [0.3, 0.4) is 0 Å². The molecule has 0 bridgehead atoms. The van der Waals surface area contributed by atoms with E-state index in [2.05, 4.69) is 175 Å². The van der Waals surface area contributed by atoms with Gasteiger partial charge in [-0.2, -0.15) is 0 Å². The highest BCUT2D eigenvalue weighted by Crippen LogP contribution is 2.53. The smallest absolute Gasteiger partial charge is 0.164 e. The molecule has 12 rings (SSSR count). The van der Waals surface area contributed by atoms with Gasteiger partial charge in [-0.25, -0.2) is 15.0 Å². The van der Waals surface area contributed by atoms with Gasteiger partial charge in [0.05, 0.1) is 17.6 Å². The van der Waals surface area contributed by atoms with Crippen molar-refractivity contribution in [3.8, 4) is 101 Å². The van der Waals surface area contributed by atoms with Gasteiger partial charge in [-0.1, -0.05) is 141 Å². The lowest BCUT2D eigenvalue weighted by atomic mass is 9.80. The summed E-state index contributed by atoms with van der Waals surface area (Å²) in [5, 5.41) is 2.43. The number of benzene rings is 7. The first kappa shape index (κ1) is 40.7. The first-order chi connectivity index (χ1) is 33.3. The second-order valence-corrected chi connectivity index (χ2v) is 18.0. The molecule has 0 aliphatic heterocycles. The van der Waals surface area contributed by atoms with Gasteiger partial charge in [-0.05, 0) is 121 Å². The van der Waals surface area contributed by atoms with E-state index >= 15 is 0 Å². The van der Waals surface area contributed by atoms with Gasteiger partial charge >= 0.3 is 0 Å². The van der Waals surface area contributed by atoms with Crippen molar-refractivity contribution in [2.75, 3.05) is 0 Å². The zero-order valence-electron chi connectivity index (χ0n) is 37.8. The summed E-state index contributed by atoms with van der Waals surface area (Å²) in [6, 6.07) is 60.3. The Hall–Kier alpha value is -8.81. The summed E-state index contributed by atoms with van der Waals surface area (Å²) >= 11 is 0. The standard InChI is InChI=1S/C61H43N7/c1-38-17-26-55(65-35-38)44-11-8-10-43(30-44)46-31-47(52-34-54-57(50-14-5-4-13-49(50)52)51-15-6-7-16-53(51)61(54,2)3)33-48(32-46)60-67-58(41-22-18-39(19-23-41)45-12-9-27-62-36-45)66-59(68-60)42-24-20-40(21-25-42)56-37-63-28-29-64-56/h4-37H,1-3H3. The summed E-state index contributed by atoms with van der Waals surface area (Å²) in [5.74, 6) is 1.70. The van der Waals surface area contributed by atoms with Crippen LogP contribution in [-0.4, -0.2) is 34.9 Å². The van der Waals surface area contributed by atoms with Gasteiger partial charge in [0, 0.05) is 64.2 Å². The largest absolute Gasteiger partial charge is 0.264 e. The molecule has 1 aliphatic rings. The van der Waals surface area contributed by atoms with Crippen LogP contribution in [0, 0.1) is 6.92 Å². The molecule has 0 saturated carbocycles. The molecule has 4 heterocycles. The lowest BCUT2D eigenvalue weighted by molar-refractivity contribution is 0.661. The number of pyridine rings is 2. The zero-order valence-corrected chi connectivity index (χ0v) is 37.8. The molecular weight excluding hydrogens is 831 g/mol. The molecule has 0 atom stereocenters. The third kappa shape index (κ3) is 7.31. The van der Waals surface area contributed by atoms with Gasteiger partial charge < -0.3 is 0 Å². The molecule has 0 saturated heterocycles. The minimum atomic E-state index is -0.201. The van der Waals surface area contributed by atoms with Crippen molar-refractivity contribution in [2.45, 2.75) is 26.2 Å². The van der Waals surface area contributed by atoms with E-state index in [1.807, 2.05) is 42.7 Å². The van der Waals surface area contributed by atoms with E-state index in [0.29, 0.717) is 17.5 Å². The summed E-state index contributed by atoms with van der Waals surface area (Å²) in [6.45, 7) is 6.76. The summed E-state index contributed by atoms with van der Waals surface area (Å²) in [4.78, 5) is 33.7. The number of hydrogen-bond acceptors (Lipinski definition) is 7. The molecule has 11 aromatic rings. The summed E-state index contributed by atoms with van der Waals surface area (Å²) in [6.07, 6.45) is 10.7. The Morgan fingerprint density at radius 1 is 0.353 bits per heavy atom. The Morgan fingerprint density at radius 2 is 0.985 bits per heavy atom. The molecule has 7 nitrogen and oxygen atoms in total. The van der Waals surface area contributed by atoms with Crippen LogP contribution < -0.4 is 0 Å². The van der Waals surface area contributed by atoms with Crippen molar-refractivity contribution in [1.29, 1.82) is 0 Å². The molecule has 0 unspecified atom stereocenters. The van der Waals surface area contributed by atoms with Crippen LogP contribution in [0.1, 0.15) is 30.5 Å². The number of fused-ring (bicyclic) bond motifs is 5. The Morgan fingerprint density at radius 3 is 1.71 bits per heavy atom. The van der Waals surface area contributed by atoms with Crippen LogP contribution in [0.4, 0.5) is 0 Å². The van der Waals surface area contributed by atoms with Crippen molar-refractivity contribution in [1.82, 2.24) is 34.9 Å². The second kappa shape index (κ2) is 16.6. The molecule has 0 spiro atoms. The average Bonchev–Trinajstić information content (AvgIpc) is 3.64. The average molecular weight is 874 g/mol. The minimum Gasteiger partial charge on any atom is -0.264 e. The molecule has 0 amide bonds. The number of rotatable bonds is 8. The summed E-state index contributed by atoms with van der Waals surface area (Å²) in [7, 11) is 0. The molecule has 68 heavy (non-hydrogen) atoms. The highest BCUT2D eigenvalue weighted by molar-refractivity contribution is 6.09. The quantitative estimate of drug-likeness (QED) is 0.150. The van der Waals surface area contributed by atoms with E-state index in [9.17, 15) is 0 Å². The minimum absolute atomic E-state index is 0.201. The van der Waals surface area contributed by atoms with Crippen LogP contribution in [0.5, 0.6) is 0 Å². The molecule has 7 heteroatoms. The van der Waals surface area contributed by atoms with E-state index in [-0.39, 0.29) is 5.41 Å². The van der Waals surface area contributed by atoms with Crippen LogP contribution in [0.15, 0.2) is 207 Å². The van der Waals surface area contributed by atoms with Crippen molar-refractivity contribution in [3.05, 3.63) is 224 Å². The lowest BCUT2D eigenvalue weighted by Crippen LogP contribution is -2.15. The maximum atomic E-state index is 5.32. The molecule has 0 fully saturated rings. The molecule has 4 aromatic heterocycles. The Bertz CT molecular complexity index is 3580. The molecule has 7 aromatic carbocycles. The van der Waals surface area contributed by atoms with Crippen molar-refractivity contribution in [2.24, 2.45) is 0 Å². The summed E-state index contributed by atoms with van der Waals surface area (Å²) in [5.41, 5.74) is 18.9. The van der Waals surface area contributed by atoms with Crippen molar-refractivity contribution < 1.29 is 0 Å². The fourth-order valence-corrected chi connectivity index (χ4v) is 9.71. The van der Waals surface area contributed by atoms with Crippen LogP contribution in [0.25, 0.3) is 112 Å². The van der Waals surface area contributed by atoms with Crippen LogP contribution in [-0.2, 0) is 5.41 Å². The summed E-state index contributed by atoms with van der Waals surface area (Å²) < 4.78 is 0. The molecular formula is C61H43N7. The Kier molecular flexibility index (Phi) is 9.91. The lowest BCUT2D eigenvalue weighted by Gasteiger charge is -2.23. The van der Waals surface area contributed by atoms with E-state index in [4.69, 9.17) is 19.9 Å². The predicted molar refractivity (Wildman–Crippen MR) is 274 cm³/mol. The van der Waals surface area contributed by atoms with E-state index in [1.165, 1.54) is 33.0 Å². The van der Waals surface area contributed by atoms with Crippen molar-refractivity contribution >= 4 is 10.8 Å². The fourth-order valence-electron chi connectivity index (χ4n) is 9.71. The Balaban J connectivity index is 1.08. The first-order valence-corrected chi connectivity index (χ1v) is 22.8. The number of aromatic nitrogens is 7. The van der Waals surface area contributed by atoms with Gasteiger partial charge in [0.15, 0.2) is 17.5 Å². The highest BCUT2D eigenvalue weighted by atomic mass is 15.0. The SMILES string of the molecule is Cc1ccc(-c2cccc(-c3cc(-c4nc(-c5ccc(-c6cccnc6)cc5)nc(-c5ccc(-c6cnccn6)cc5)n4)cc(-c4cc5c(c6ccccc46)-c4ccccc4C5(C)C)c3)c2)nc1. The number of aryl methyl sites for hydroxylation is 1. The van der Waals surface area contributed by atoms with Gasteiger partial charge in [0.1, 0.15) is 0 Å². The van der Waals surface area contributed by atoms with E-state index < -0.39 is 0 Å². The Labute approximate surface area is 395 Å². The second-order valence-electron chi connectivity index (χ2n) is 18.0. The maximum absolute atomic E-state index is 5.32. The molecule has 0 N–H and O–H groups in total. The van der Waals surface area contributed by atoms with Gasteiger partial charge in [0.2, 0.25) is 0 Å². The van der Waals surface area contributed by atoms with Gasteiger partial charge in [-0.15, -0.1) is 0 Å². The topological polar surface area (TPSA) is 90.2 Å². The number of hydrogen-bond donors (Lipinski definition) is 0. The molecule has 0 radical (unpaired) electrons. The van der Waals surface area contributed by atoms with Gasteiger partial charge in [-0.3, -0.25) is 19.9 Å². The normalized spacial score (nSPS) is 12.5. The van der Waals surface area contributed by atoms with Crippen LogP contribution in [0.2, 0.25) is 0 Å². The highest BCUT2D eigenvalue weighted by Gasteiger charge is 2.37. The van der Waals surface area contributed by atoms with Gasteiger partial charge in [0.25, 0.3) is 0 Å². The van der Waals surface area contributed by atoms with E-state index in [1.54, 1.807) is 24.8 Å². The zero-order chi connectivity index (χ0) is 45.8. The third-order valence-corrected chi connectivity index (χ3v) is 13.3. The number of nitrogens with zero attached hydrogens (tertiary/aromatic N) is 7. The fraction of sp³-hybridized carbons (Fsp3) is 0.0656. The van der Waals surface area contributed by atoms with E-state index in [0.717, 1.165) is 78.1 Å². The predicted octanol–water partition coefficient (Wildman–Crippen LogP) is 14.6. The maximum Gasteiger partial charge on any atom is 0.164 e.